The largest absolute Gasteiger partial charge is 0.363 e. The van der Waals surface area contributed by atoms with Gasteiger partial charge >= 0.3 is 0 Å². The molecule has 3 aromatic heterocycles. The maximum Gasteiger partial charge on any atom is 0.266 e. The first-order valence-electron chi connectivity index (χ1n) is 8.55. The highest BCUT2D eigenvalue weighted by Gasteiger charge is 2.31. The minimum absolute atomic E-state index is 0.0963. The van der Waals surface area contributed by atoms with Crippen molar-refractivity contribution in [3.63, 3.8) is 0 Å². The fourth-order valence-electron chi connectivity index (χ4n) is 3.80. The number of rotatable bonds is 3. The van der Waals surface area contributed by atoms with Crippen LogP contribution in [0.1, 0.15) is 41.5 Å². The van der Waals surface area contributed by atoms with Crippen molar-refractivity contribution in [2.75, 3.05) is 6.54 Å². The molecule has 1 aliphatic heterocycles. The van der Waals surface area contributed by atoms with Crippen LogP contribution in [0.4, 0.5) is 0 Å². The van der Waals surface area contributed by atoms with Gasteiger partial charge in [0, 0.05) is 41.5 Å². The van der Waals surface area contributed by atoms with Crippen molar-refractivity contribution in [3.05, 3.63) is 57.4 Å². The van der Waals surface area contributed by atoms with Crippen LogP contribution < -0.4 is 5.56 Å². The number of aromatic nitrogens is 4. The number of hydrogen-bond donors (Lipinski definition) is 2. The summed E-state index contributed by atoms with van der Waals surface area (Å²) < 4.78 is 1.66. The number of nitrogens with one attached hydrogen (secondary N) is 2. The second kappa shape index (κ2) is 5.91. The summed E-state index contributed by atoms with van der Waals surface area (Å²) in [6.07, 6.45) is 4.17. The van der Waals surface area contributed by atoms with Crippen LogP contribution in [-0.4, -0.2) is 36.9 Å². The molecule has 2 N–H and O–H groups in total. The second-order valence-electron chi connectivity index (χ2n) is 6.62. The fourth-order valence-corrected chi connectivity index (χ4v) is 3.80. The molecule has 7 heteroatoms. The maximum atomic E-state index is 13.0. The third-order valence-corrected chi connectivity index (χ3v) is 5.08. The zero-order chi connectivity index (χ0) is 17.6. The van der Waals surface area contributed by atoms with Crippen molar-refractivity contribution >= 4 is 11.6 Å². The summed E-state index contributed by atoms with van der Waals surface area (Å²) in [5, 5.41) is 2.74. The molecule has 4 heterocycles. The molecular weight excluding hydrogens is 318 g/mol. The van der Waals surface area contributed by atoms with Gasteiger partial charge in [0.2, 0.25) is 5.91 Å². The molecule has 4 rings (SSSR count). The van der Waals surface area contributed by atoms with Crippen molar-refractivity contribution in [3.8, 4) is 0 Å². The minimum Gasteiger partial charge on any atom is -0.363 e. The van der Waals surface area contributed by atoms with Gasteiger partial charge in [0.25, 0.3) is 5.56 Å². The van der Waals surface area contributed by atoms with Crippen LogP contribution in [0.5, 0.6) is 0 Å². The topological polar surface area (TPSA) is 86.3 Å². The van der Waals surface area contributed by atoms with E-state index in [-0.39, 0.29) is 23.9 Å². The van der Waals surface area contributed by atoms with Gasteiger partial charge in [-0.05, 0) is 38.8 Å². The monoisotopic (exact) mass is 339 g/mol. The lowest BCUT2D eigenvalue weighted by atomic mass is 10.1. The second-order valence-corrected chi connectivity index (χ2v) is 6.62. The van der Waals surface area contributed by atoms with E-state index >= 15 is 0 Å². The summed E-state index contributed by atoms with van der Waals surface area (Å²) >= 11 is 0. The normalized spacial score (nSPS) is 17.5. The zero-order valence-electron chi connectivity index (χ0n) is 14.4. The predicted octanol–water partition coefficient (Wildman–Crippen LogP) is 1.87. The number of carbonyl (C=O) groups is 1. The molecule has 0 radical (unpaired) electrons. The number of fused-ring (bicyclic) bond motifs is 1. The van der Waals surface area contributed by atoms with E-state index in [4.69, 9.17) is 0 Å². The molecule has 1 saturated heterocycles. The first-order chi connectivity index (χ1) is 12.0. The van der Waals surface area contributed by atoms with Crippen LogP contribution in [0.25, 0.3) is 5.65 Å². The summed E-state index contributed by atoms with van der Waals surface area (Å²) in [7, 11) is 0. The lowest BCUT2D eigenvalue weighted by molar-refractivity contribution is -0.131. The standard InChI is InChI=1S/C18H21N5O2/c1-11-13(12(2)23-16(20-11)10-17(24)21-23)9-18(25)22-8-4-6-15(22)14-5-3-7-19-14/h3,5,7,10,15,19H,4,6,8-9H2,1-2H3,(H,21,24)/t15-/m1/s1. The summed E-state index contributed by atoms with van der Waals surface area (Å²) in [6, 6.07) is 5.58. The lowest BCUT2D eigenvalue weighted by Crippen LogP contribution is -2.32. The molecule has 0 spiro atoms. The molecule has 1 amide bonds. The van der Waals surface area contributed by atoms with E-state index in [0.29, 0.717) is 5.65 Å². The van der Waals surface area contributed by atoms with Gasteiger partial charge in [0.05, 0.1) is 12.5 Å². The molecule has 0 saturated carbocycles. The predicted molar refractivity (Wildman–Crippen MR) is 93.5 cm³/mol. The van der Waals surface area contributed by atoms with Crippen LogP contribution in [0.3, 0.4) is 0 Å². The number of aryl methyl sites for hydroxylation is 2. The average Bonchev–Trinajstić information content (AvgIpc) is 3.29. The Kier molecular flexibility index (Phi) is 3.71. The van der Waals surface area contributed by atoms with Crippen LogP contribution >= 0.6 is 0 Å². The summed E-state index contributed by atoms with van der Waals surface area (Å²) in [4.78, 5) is 34.2. The van der Waals surface area contributed by atoms with E-state index in [1.54, 1.807) is 4.52 Å². The van der Waals surface area contributed by atoms with Gasteiger partial charge in [-0.25, -0.2) is 9.50 Å². The Labute approximate surface area is 144 Å². The third-order valence-electron chi connectivity index (χ3n) is 5.08. The Balaban J connectivity index is 1.64. The molecule has 0 unspecified atom stereocenters. The van der Waals surface area contributed by atoms with Crippen LogP contribution in [-0.2, 0) is 11.2 Å². The first kappa shape index (κ1) is 15.7. The number of H-pyrrole nitrogens is 2. The minimum atomic E-state index is -0.190. The van der Waals surface area contributed by atoms with Gasteiger partial charge in [0.1, 0.15) is 0 Å². The number of carbonyl (C=O) groups excluding carboxylic acids is 1. The lowest BCUT2D eigenvalue weighted by Gasteiger charge is -2.25. The van der Waals surface area contributed by atoms with Crippen molar-refractivity contribution in [2.24, 2.45) is 0 Å². The summed E-state index contributed by atoms with van der Waals surface area (Å²) in [5.41, 5.74) is 4.00. The molecule has 7 nitrogen and oxygen atoms in total. The van der Waals surface area contributed by atoms with Crippen molar-refractivity contribution in [1.82, 2.24) is 24.5 Å². The van der Waals surface area contributed by atoms with Crippen molar-refractivity contribution in [2.45, 2.75) is 39.2 Å². The van der Waals surface area contributed by atoms with Crippen molar-refractivity contribution < 1.29 is 4.79 Å². The van der Waals surface area contributed by atoms with E-state index < -0.39 is 0 Å². The van der Waals surface area contributed by atoms with E-state index in [0.717, 1.165) is 42.0 Å². The van der Waals surface area contributed by atoms with Crippen LogP contribution in [0, 0.1) is 13.8 Å². The van der Waals surface area contributed by atoms with Crippen LogP contribution in [0.2, 0.25) is 0 Å². The highest BCUT2D eigenvalue weighted by atomic mass is 16.2. The molecule has 1 aliphatic rings. The first-order valence-corrected chi connectivity index (χ1v) is 8.55. The third kappa shape index (κ3) is 2.65. The highest BCUT2D eigenvalue weighted by molar-refractivity contribution is 5.80. The molecule has 0 bridgehead atoms. The quantitative estimate of drug-likeness (QED) is 0.764. The van der Waals surface area contributed by atoms with E-state index in [9.17, 15) is 9.59 Å². The van der Waals surface area contributed by atoms with Crippen LogP contribution in [0.15, 0.2) is 29.2 Å². The number of aromatic amines is 2. The Morgan fingerprint density at radius 1 is 1.40 bits per heavy atom. The number of nitrogens with zero attached hydrogens (tertiary/aromatic N) is 3. The number of hydrogen-bond acceptors (Lipinski definition) is 3. The molecule has 0 aliphatic carbocycles. The molecular formula is C18H21N5O2. The Morgan fingerprint density at radius 2 is 2.24 bits per heavy atom. The molecule has 1 atom stereocenters. The Morgan fingerprint density at radius 3 is 3.00 bits per heavy atom. The van der Waals surface area contributed by atoms with Gasteiger partial charge in [-0.15, -0.1) is 0 Å². The van der Waals surface area contributed by atoms with Crippen molar-refractivity contribution in [1.29, 1.82) is 0 Å². The summed E-state index contributed by atoms with van der Waals surface area (Å²) in [6.45, 7) is 4.57. The highest BCUT2D eigenvalue weighted by Crippen LogP contribution is 2.31. The van der Waals surface area contributed by atoms with E-state index in [2.05, 4.69) is 15.1 Å². The fraction of sp³-hybridized carbons (Fsp3) is 0.389. The summed E-state index contributed by atoms with van der Waals surface area (Å²) in [5.74, 6) is 0.0963. The molecule has 3 aromatic rings. The zero-order valence-corrected chi connectivity index (χ0v) is 14.4. The number of amides is 1. The van der Waals surface area contributed by atoms with E-state index in [1.807, 2.05) is 37.1 Å². The Hall–Kier alpha value is -2.83. The molecule has 0 aromatic carbocycles. The molecule has 130 valence electrons. The van der Waals surface area contributed by atoms with E-state index in [1.165, 1.54) is 6.07 Å². The van der Waals surface area contributed by atoms with Gasteiger partial charge in [-0.2, -0.15) is 0 Å². The molecule has 1 fully saturated rings. The van der Waals surface area contributed by atoms with Gasteiger partial charge in [-0.1, -0.05) is 0 Å². The van der Waals surface area contributed by atoms with Gasteiger partial charge in [-0.3, -0.25) is 14.7 Å². The Bertz CT molecular complexity index is 983. The SMILES string of the molecule is Cc1nc2cc(=O)[nH]n2c(C)c1CC(=O)N1CCC[C@@H]1c1ccc[nH]1. The smallest absolute Gasteiger partial charge is 0.266 e. The van der Waals surface area contributed by atoms with Gasteiger partial charge in [0.15, 0.2) is 5.65 Å². The average molecular weight is 339 g/mol. The molecule has 25 heavy (non-hydrogen) atoms. The van der Waals surface area contributed by atoms with Gasteiger partial charge < -0.3 is 9.88 Å². The number of likely N-dealkylation sites (tertiary alicyclic amines) is 1. The maximum absolute atomic E-state index is 13.0.